The number of ether oxygens (including phenoxy) is 1. The molecule has 1 saturated heterocycles. The Balaban J connectivity index is 1.43. The summed E-state index contributed by atoms with van der Waals surface area (Å²) in [6.07, 6.45) is 8.85. The van der Waals surface area contributed by atoms with Gasteiger partial charge in [0.15, 0.2) is 5.65 Å². The SMILES string of the molecule is O=c1[nH]c(O)c(/C=c2\cnn3c(=NC4CC4)nc(-n4cnc(CN5CCOCC5)c4)nc23)[nH]1. The topological polar surface area (TPSA) is 155 Å². The van der Waals surface area contributed by atoms with Crippen molar-refractivity contribution < 1.29 is 9.84 Å². The van der Waals surface area contributed by atoms with Gasteiger partial charge in [-0.25, -0.2) is 14.8 Å². The van der Waals surface area contributed by atoms with Crippen LogP contribution in [0.3, 0.4) is 0 Å². The molecular formula is C20H22N10O3. The zero-order valence-corrected chi connectivity index (χ0v) is 17.7. The first-order valence-electron chi connectivity index (χ1n) is 10.8. The van der Waals surface area contributed by atoms with E-state index >= 15 is 0 Å². The number of aromatic hydroxyl groups is 1. The van der Waals surface area contributed by atoms with E-state index in [2.05, 4.69) is 29.9 Å². The van der Waals surface area contributed by atoms with Gasteiger partial charge in [-0.05, 0) is 18.9 Å². The van der Waals surface area contributed by atoms with E-state index in [4.69, 9.17) is 14.7 Å². The van der Waals surface area contributed by atoms with Crippen LogP contribution in [-0.4, -0.2) is 81.5 Å². The number of hydrogen-bond acceptors (Lipinski definition) is 9. The number of nitrogens with one attached hydrogen (secondary N) is 2. The Labute approximate surface area is 186 Å². The number of hydrogen-bond donors (Lipinski definition) is 3. The number of imidazole rings is 2. The zero-order valence-electron chi connectivity index (χ0n) is 17.7. The second-order valence-corrected chi connectivity index (χ2v) is 8.17. The smallest absolute Gasteiger partial charge is 0.326 e. The molecule has 0 spiro atoms. The van der Waals surface area contributed by atoms with E-state index in [1.807, 2.05) is 6.20 Å². The van der Waals surface area contributed by atoms with Crippen LogP contribution in [0.5, 0.6) is 5.88 Å². The van der Waals surface area contributed by atoms with Crippen molar-refractivity contribution in [1.82, 2.24) is 44.0 Å². The first-order valence-corrected chi connectivity index (χ1v) is 10.8. The van der Waals surface area contributed by atoms with Crippen molar-refractivity contribution in [3.63, 3.8) is 0 Å². The molecule has 2 aliphatic rings. The summed E-state index contributed by atoms with van der Waals surface area (Å²) in [5.74, 6) is 0.170. The van der Waals surface area contributed by atoms with Gasteiger partial charge in [0.1, 0.15) is 12.0 Å². The minimum Gasteiger partial charge on any atom is -0.493 e. The first-order chi connectivity index (χ1) is 16.1. The van der Waals surface area contributed by atoms with Crippen molar-refractivity contribution in [2.24, 2.45) is 4.99 Å². The molecule has 0 amide bonds. The van der Waals surface area contributed by atoms with Crippen LogP contribution in [0, 0.1) is 0 Å². The molecule has 33 heavy (non-hydrogen) atoms. The fourth-order valence-corrected chi connectivity index (χ4v) is 3.73. The molecule has 6 rings (SSSR count). The molecule has 0 bridgehead atoms. The molecule has 4 aromatic heterocycles. The van der Waals surface area contributed by atoms with Crippen molar-refractivity contribution in [3.05, 3.63) is 51.4 Å². The number of morpholine rings is 1. The van der Waals surface area contributed by atoms with E-state index in [9.17, 15) is 9.90 Å². The molecule has 13 nitrogen and oxygen atoms in total. The predicted molar refractivity (Wildman–Crippen MR) is 114 cm³/mol. The summed E-state index contributed by atoms with van der Waals surface area (Å²) < 4.78 is 8.75. The highest BCUT2D eigenvalue weighted by Gasteiger charge is 2.21. The minimum absolute atomic E-state index is 0.234. The maximum atomic E-state index is 11.5. The molecule has 5 heterocycles. The predicted octanol–water partition coefficient (Wildman–Crippen LogP) is -1.52. The highest BCUT2D eigenvalue weighted by Crippen LogP contribution is 2.22. The number of aromatic amines is 2. The van der Waals surface area contributed by atoms with Crippen molar-refractivity contribution in [1.29, 1.82) is 0 Å². The molecular weight excluding hydrogens is 428 g/mol. The van der Waals surface area contributed by atoms with Crippen LogP contribution in [0.15, 0.2) is 28.5 Å². The second kappa shape index (κ2) is 7.94. The average Bonchev–Trinajstić information content (AvgIpc) is 3.19. The van der Waals surface area contributed by atoms with Gasteiger partial charge in [-0.3, -0.25) is 14.5 Å². The lowest BCUT2D eigenvalue weighted by Gasteiger charge is -2.25. The van der Waals surface area contributed by atoms with E-state index in [0.29, 0.717) is 22.4 Å². The van der Waals surface area contributed by atoms with Crippen LogP contribution in [0.2, 0.25) is 0 Å². The number of H-pyrrole nitrogens is 2. The lowest BCUT2D eigenvalue weighted by Crippen LogP contribution is -2.35. The van der Waals surface area contributed by atoms with Gasteiger partial charge in [0.25, 0.3) is 5.62 Å². The Kier molecular flexibility index (Phi) is 4.77. The van der Waals surface area contributed by atoms with Crippen LogP contribution < -0.4 is 16.5 Å². The maximum absolute atomic E-state index is 11.5. The summed E-state index contributed by atoms with van der Waals surface area (Å²) in [7, 11) is 0. The van der Waals surface area contributed by atoms with Crippen molar-refractivity contribution in [3.8, 4) is 11.8 Å². The Morgan fingerprint density at radius 2 is 2.09 bits per heavy atom. The molecule has 0 atom stereocenters. The van der Waals surface area contributed by atoms with Crippen molar-refractivity contribution in [2.45, 2.75) is 25.4 Å². The Morgan fingerprint density at radius 1 is 1.24 bits per heavy atom. The number of aromatic nitrogens is 8. The van der Waals surface area contributed by atoms with Gasteiger partial charge in [0.05, 0.1) is 31.1 Å². The molecule has 170 valence electrons. The van der Waals surface area contributed by atoms with Gasteiger partial charge in [0, 0.05) is 31.0 Å². The lowest BCUT2D eigenvalue weighted by molar-refractivity contribution is 0.0337. The molecule has 2 fully saturated rings. The summed E-state index contributed by atoms with van der Waals surface area (Å²) in [5, 5.41) is 14.9. The van der Waals surface area contributed by atoms with E-state index in [1.54, 1.807) is 27.7 Å². The number of nitrogens with zero attached hydrogens (tertiary/aromatic N) is 8. The third-order valence-corrected chi connectivity index (χ3v) is 5.60. The monoisotopic (exact) mass is 450 g/mol. The summed E-state index contributed by atoms with van der Waals surface area (Å²) in [6.45, 7) is 3.94. The zero-order chi connectivity index (χ0) is 22.4. The summed E-state index contributed by atoms with van der Waals surface area (Å²) in [5.41, 5.74) is 1.61. The van der Waals surface area contributed by atoms with Gasteiger partial charge in [-0.2, -0.15) is 19.6 Å². The molecule has 13 heteroatoms. The molecule has 3 N–H and O–H groups in total. The van der Waals surface area contributed by atoms with Crippen LogP contribution in [0.1, 0.15) is 24.2 Å². The van der Waals surface area contributed by atoms with Gasteiger partial charge >= 0.3 is 5.69 Å². The Bertz CT molecular complexity index is 1490. The van der Waals surface area contributed by atoms with Gasteiger partial charge in [-0.1, -0.05) is 0 Å². The van der Waals surface area contributed by atoms with Gasteiger partial charge < -0.3 is 14.8 Å². The molecule has 1 aliphatic heterocycles. The highest BCUT2D eigenvalue weighted by molar-refractivity contribution is 5.56. The average molecular weight is 450 g/mol. The third-order valence-electron chi connectivity index (χ3n) is 5.60. The highest BCUT2D eigenvalue weighted by atomic mass is 16.5. The number of rotatable bonds is 5. The normalized spacial score (nSPS) is 18.5. The summed E-state index contributed by atoms with van der Waals surface area (Å²) in [6, 6.07) is 0.234. The largest absolute Gasteiger partial charge is 0.493 e. The van der Waals surface area contributed by atoms with Crippen molar-refractivity contribution >= 4 is 11.7 Å². The maximum Gasteiger partial charge on any atom is 0.326 e. The van der Waals surface area contributed by atoms with E-state index in [0.717, 1.165) is 51.4 Å². The fourth-order valence-electron chi connectivity index (χ4n) is 3.73. The number of fused-ring (bicyclic) bond motifs is 1. The Hall–Kier alpha value is -3.84. The van der Waals surface area contributed by atoms with Crippen LogP contribution in [0.4, 0.5) is 0 Å². The van der Waals surface area contributed by atoms with Crippen LogP contribution >= 0.6 is 0 Å². The Morgan fingerprint density at radius 3 is 2.85 bits per heavy atom. The van der Waals surface area contributed by atoms with E-state index in [1.165, 1.54) is 0 Å². The first kappa shape index (κ1) is 19.8. The third kappa shape index (κ3) is 4.03. The summed E-state index contributed by atoms with van der Waals surface area (Å²) >= 11 is 0. The second-order valence-electron chi connectivity index (χ2n) is 8.17. The van der Waals surface area contributed by atoms with Crippen LogP contribution in [0.25, 0.3) is 17.7 Å². The quantitative estimate of drug-likeness (QED) is 0.331. The molecule has 0 radical (unpaired) electrons. The molecule has 0 unspecified atom stereocenters. The minimum atomic E-state index is -0.499. The van der Waals surface area contributed by atoms with Gasteiger partial charge in [0.2, 0.25) is 11.8 Å². The molecule has 1 aliphatic carbocycles. The van der Waals surface area contributed by atoms with Crippen LogP contribution in [-0.2, 0) is 11.3 Å². The molecule has 0 aromatic carbocycles. The molecule has 4 aromatic rings. The van der Waals surface area contributed by atoms with E-state index in [-0.39, 0.29) is 17.6 Å². The standard InChI is InChI=1S/C20H22N10O3/c31-17-15(24-20(32)26-17)7-12-8-22-30-16(12)25-18(27-19(30)23-13-1-2-13)29-10-14(21-11-29)9-28-3-5-33-6-4-28/h7-8,10-11,13,31H,1-6,9H2,(H2,24,26,32)/b12-7+,23-19?. The molecule has 1 saturated carbocycles. The summed E-state index contributed by atoms with van der Waals surface area (Å²) in [4.78, 5) is 37.2. The van der Waals surface area contributed by atoms with Gasteiger partial charge in [-0.15, -0.1) is 0 Å². The lowest BCUT2D eigenvalue weighted by atomic mass is 10.3. The fraction of sp³-hybridized carbons (Fsp3) is 0.400. The van der Waals surface area contributed by atoms with Crippen molar-refractivity contribution in [2.75, 3.05) is 26.3 Å². The van der Waals surface area contributed by atoms with E-state index < -0.39 is 5.69 Å².